The standard InChI is InChI=1S/C15H16BrFN2/c1-2-19-15(12-5-7-18-8-6-12)10-11-3-4-14(17)13(16)9-11/h3-9,15,19H,2,10H2,1H3. The molecule has 0 saturated carbocycles. The van der Waals surface area contributed by atoms with E-state index in [1.54, 1.807) is 12.4 Å². The first-order valence-corrected chi connectivity index (χ1v) is 7.07. The Labute approximate surface area is 121 Å². The van der Waals surface area contributed by atoms with Gasteiger partial charge in [-0.3, -0.25) is 4.98 Å². The van der Waals surface area contributed by atoms with Gasteiger partial charge in [0.05, 0.1) is 4.47 Å². The van der Waals surface area contributed by atoms with Gasteiger partial charge >= 0.3 is 0 Å². The predicted molar refractivity (Wildman–Crippen MR) is 78.5 cm³/mol. The number of rotatable bonds is 5. The topological polar surface area (TPSA) is 24.9 Å². The van der Waals surface area contributed by atoms with Crippen LogP contribution in [0.4, 0.5) is 4.39 Å². The molecule has 0 amide bonds. The maximum atomic E-state index is 13.2. The second kappa shape index (κ2) is 6.78. The van der Waals surface area contributed by atoms with Crippen molar-refractivity contribution in [1.29, 1.82) is 0 Å². The molecule has 19 heavy (non-hydrogen) atoms. The van der Waals surface area contributed by atoms with Crippen LogP contribution in [0.1, 0.15) is 24.1 Å². The summed E-state index contributed by atoms with van der Waals surface area (Å²) in [5.74, 6) is -0.229. The predicted octanol–water partition coefficient (Wildman–Crippen LogP) is 3.88. The summed E-state index contributed by atoms with van der Waals surface area (Å²) in [5.41, 5.74) is 2.29. The maximum Gasteiger partial charge on any atom is 0.137 e. The average molecular weight is 323 g/mol. The van der Waals surface area contributed by atoms with Crippen molar-refractivity contribution in [3.05, 3.63) is 64.1 Å². The fourth-order valence-corrected chi connectivity index (χ4v) is 2.48. The van der Waals surface area contributed by atoms with Crippen molar-refractivity contribution in [1.82, 2.24) is 10.3 Å². The summed E-state index contributed by atoms with van der Waals surface area (Å²) in [7, 11) is 0. The molecule has 0 fully saturated rings. The smallest absolute Gasteiger partial charge is 0.137 e. The zero-order valence-corrected chi connectivity index (χ0v) is 12.3. The van der Waals surface area contributed by atoms with Crippen LogP contribution in [0, 0.1) is 5.82 Å². The molecule has 2 rings (SSSR count). The molecule has 1 heterocycles. The normalized spacial score (nSPS) is 12.4. The third-order valence-corrected chi connectivity index (χ3v) is 3.59. The third-order valence-electron chi connectivity index (χ3n) is 2.98. The minimum atomic E-state index is -0.229. The molecule has 1 unspecified atom stereocenters. The molecular weight excluding hydrogens is 307 g/mol. The number of aromatic nitrogens is 1. The summed E-state index contributed by atoms with van der Waals surface area (Å²) in [5, 5.41) is 3.44. The highest BCUT2D eigenvalue weighted by molar-refractivity contribution is 9.10. The van der Waals surface area contributed by atoms with Crippen molar-refractivity contribution < 1.29 is 4.39 Å². The van der Waals surface area contributed by atoms with E-state index in [9.17, 15) is 4.39 Å². The van der Waals surface area contributed by atoms with Gasteiger partial charge in [0.1, 0.15) is 5.82 Å². The summed E-state index contributed by atoms with van der Waals surface area (Å²) in [6.07, 6.45) is 4.40. The van der Waals surface area contributed by atoms with Crippen molar-refractivity contribution in [3.63, 3.8) is 0 Å². The Bertz CT molecular complexity index is 531. The Balaban J connectivity index is 2.19. The van der Waals surface area contributed by atoms with E-state index in [1.807, 2.05) is 24.3 Å². The lowest BCUT2D eigenvalue weighted by atomic mass is 10.00. The van der Waals surface area contributed by atoms with E-state index < -0.39 is 0 Å². The molecule has 1 aromatic carbocycles. The fraction of sp³-hybridized carbons (Fsp3) is 0.267. The van der Waals surface area contributed by atoms with Crippen LogP contribution in [0.15, 0.2) is 47.2 Å². The van der Waals surface area contributed by atoms with E-state index in [0.717, 1.165) is 18.5 Å². The van der Waals surface area contributed by atoms with E-state index in [4.69, 9.17) is 0 Å². The van der Waals surface area contributed by atoms with Gasteiger partial charge in [-0.2, -0.15) is 0 Å². The van der Waals surface area contributed by atoms with E-state index >= 15 is 0 Å². The van der Waals surface area contributed by atoms with Gasteiger partial charge in [-0.05, 0) is 64.3 Å². The Kier molecular flexibility index (Phi) is 5.05. The van der Waals surface area contributed by atoms with Crippen LogP contribution < -0.4 is 5.32 Å². The van der Waals surface area contributed by atoms with Crippen LogP contribution in [0.5, 0.6) is 0 Å². The fourth-order valence-electron chi connectivity index (χ4n) is 2.05. The molecule has 1 aromatic heterocycles. The zero-order chi connectivity index (χ0) is 13.7. The second-order valence-electron chi connectivity index (χ2n) is 4.34. The van der Waals surface area contributed by atoms with Crippen LogP contribution in [0.25, 0.3) is 0 Å². The van der Waals surface area contributed by atoms with E-state index in [0.29, 0.717) is 4.47 Å². The lowest BCUT2D eigenvalue weighted by molar-refractivity contribution is 0.548. The first-order valence-electron chi connectivity index (χ1n) is 6.28. The van der Waals surface area contributed by atoms with Crippen molar-refractivity contribution >= 4 is 15.9 Å². The lowest BCUT2D eigenvalue weighted by Crippen LogP contribution is -2.23. The number of pyridine rings is 1. The highest BCUT2D eigenvalue weighted by Crippen LogP contribution is 2.22. The summed E-state index contributed by atoms with van der Waals surface area (Å²) < 4.78 is 13.7. The van der Waals surface area contributed by atoms with Crippen molar-refractivity contribution in [2.45, 2.75) is 19.4 Å². The van der Waals surface area contributed by atoms with Gasteiger partial charge in [0.15, 0.2) is 0 Å². The van der Waals surface area contributed by atoms with Crippen LogP contribution >= 0.6 is 15.9 Å². The number of hydrogen-bond donors (Lipinski definition) is 1. The number of benzene rings is 1. The Morgan fingerprint density at radius 3 is 2.63 bits per heavy atom. The zero-order valence-electron chi connectivity index (χ0n) is 10.7. The molecule has 2 nitrogen and oxygen atoms in total. The van der Waals surface area contributed by atoms with Crippen molar-refractivity contribution in [2.75, 3.05) is 6.54 Å². The molecule has 0 bridgehead atoms. The van der Waals surface area contributed by atoms with Gasteiger partial charge in [0.25, 0.3) is 0 Å². The molecule has 0 aliphatic rings. The molecular formula is C15H16BrFN2. The van der Waals surface area contributed by atoms with Crippen LogP contribution in [-0.2, 0) is 6.42 Å². The highest BCUT2D eigenvalue weighted by atomic mass is 79.9. The molecule has 0 spiro atoms. The number of nitrogens with zero attached hydrogens (tertiary/aromatic N) is 1. The monoisotopic (exact) mass is 322 g/mol. The number of nitrogens with one attached hydrogen (secondary N) is 1. The Hall–Kier alpha value is -1.26. The quantitative estimate of drug-likeness (QED) is 0.903. The summed E-state index contributed by atoms with van der Waals surface area (Å²) in [4.78, 5) is 4.04. The number of likely N-dealkylation sites (N-methyl/N-ethyl adjacent to an activating group) is 1. The van der Waals surface area contributed by atoms with Crippen molar-refractivity contribution in [3.8, 4) is 0 Å². The average Bonchev–Trinajstić information content (AvgIpc) is 2.43. The van der Waals surface area contributed by atoms with Gasteiger partial charge in [0.2, 0.25) is 0 Å². The molecule has 0 aliphatic carbocycles. The van der Waals surface area contributed by atoms with E-state index in [2.05, 4.69) is 33.2 Å². The van der Waals surface area contributed by atoms with E-state index in [1.165, 1.54) is 11.6 Å². The van der Waals surface area contributed by atoms with Gasteiger partial charge < -0.3 is 5.32 Å². The van der Waals surface area contributed by atoms with Gasteiger partial charge in [-0.15, -0.1) is 0 Å². The molecule has 4 heteroatoms. The van der Waals surface area contributed by atoms with Gasteiger partial charge in [-0.25, -0.2) is 4.39 Å². The SMILES string of the molecule is CCNC(Cc1ccc(F)c(Br)c1)c1ccncc1. The summed E-state index contributed by atoms with van der Waals surface area (Å²) in [6.45, 7) is 2.96. The van der Waals surface area contributed by atoms with Crippen molar-refractivity contribution in [2.24, 2.45) is 0 Å². The minimum absolute atomic E-state index is 0.213. The Morgan fingerprint density at radius 1 is 1.26 bits per heavy atom. The first kappa shape index (κ1) is 14.2. The molecule has 0 radical (unpaired) electrons. The van der Waals surface area contributed by atoms with Gasteiger partial charge in [0, 0.05) is 18.4 Å². The molecule has 1 atom stereocenters. The highest BCUT2D eigenvalue weighted by Gasteiger charge is 2.11. The first-order chi connectivity index (χ1) is 9.20. The minimum Gasteiger partial charge on any atom is -0.310 e. The second-order valence-corrected chi connectivity index (χ2v) is 5.20. The summed E-state index contributed by atoms with van der Waals surface area (Å²) in [6, 6.07) is 9.38. The molecule has 0 saturated heterocycles. The molecule has 1 N–H and O–H groups in total. The molecule has 2 aromatic rings. The van der Waals surface area contributed by atoms with E-state index in [-0.39, 0.29) is 11.9 Å². The van der Waals surface area contributed by atoms with Crippen LogP contribution in [-0.4, -0.2) is 11.5 Å². The molecule has 0 aliphatic heterocycles. The van der Waals surface area contributed by atoms with Gasteiger partial charge in [-0.1, -0.05) is 13.0 Å². The Morgan fingerprint density at radius 2 is 2.00 bits per heavy atom. The third kappa shape index (κ3) is 3.85. The largest absolute Gasteiger partial charge is 0.310 e. The lowest BCUT2D eigenvalue weighted by Gasteiger charge is -2.18. The van der Waals surface area contributed by atoms with Crippen LogP contribution in [0.3, 0.4) is 0 Å². The van der Waals surface area contributed by atoms with Crippen LogP contribution in [0.2, 0.25) is 0 Å². The summed E-state index contributed by atoms with van der Waals surface area (Å²) >= 11 is 3.23. The molecule has 100 valence electrons. The number of halogens is 2. The number of hydrogen-bond acceptors (Lipinski definition) is 2. The maximum absolute atomic E-state index is 13.2.